The minimum Gasteiger partial charge on any atom is -0.389 e. The lowest BCUT2D eigenvalue weighted by Crippen LogP contribution is -2.31. The topological polar surface area (TPSA) is 32.7 Å². The summed E-state index contributed by atoms with van der Waals surface area (Å²) < 4.78 is 6.67. The van der Waals surface area contributed by atoms with Crippen molar-refractivity contribution in [1.82, 2.24) is 0 Å². The second kappa shape index (κ2) is 6.04. The highest BCUT2D eigenvalue weighted by molar-refractivity contribution is 9.10. The minimum atomic E-state index is -0.461. The number of rotatable bonds is 2. The van der Waals surface area contributed by atoms with E-state index in [9.17, 15) is 5.11 Å². The molecule has 1 heterocycles. The highest BCUT2D eigenvalue weighted by Gasteiger charge is 2.19. The number of halogens is 1. The number of hydrogen-bond acceptors (Lipinski definition) is 3. The molecule has 18 heavy (non-hydrogen) atoms. The Balaban J connectivity index is 2.30. The van der Waals surface area contributed by atoms with Gasteiger partial charge in [0.1, 0.15) is 0 Å². The molecule has 2 unspecified atom stereocenters. The predicted molar refractivity (Wildman–Crippen MR) is 77.0 cm³/mol. The largest absolute Gasteiger partial charge is 0.389 e. The van der Waals surface area contributed by atoms with Gasteiger partial charge in [0, 0.05) is 35.4 Å². The summed E-state index contributed by atoms with van der Waals surface area (Å²) in [7, 11) is 0. The third-order valence-electron chi connectivity index (χ3n) is 3.23. The standard InChI is InChI=1S/C14H20BrNO2/c1-10-9-16(6-3-7-18-10)14-5-4-12(15)8-13(14)11(2)17/h4-5,8,10-11,17H,3,6-7,9H2,1-2H3. The van der Waals surface area contributed by atoms with E-state index in [4.69, 9.17) is 4.74 Å². The monoisotopic (exact) mass is 313 g/mol. The molecule has 2 atom stereocenters. The molecule has 0 amide bonds. The average molecular weight is 314 g/mol. The van der Waals surface area contributed by atoms with Gasteiger partial charge in [0.15, 0.2) is 0 Å². The Bertz CT molecular complexity index is 409. The molecule has 0 spiro atoms. The van der Waals surface area contributed by atoms with E-state index >= 15 is 0 Å². The Morgan fingerprint density at radius 3 is 3.00 bits per heavy atom. The van der Waals surface area contributed by atoms with Crippen LogP contribution in [0.25, 0.3) is 0 Å². The van der Waals surface area contributed by atoms with Crippen molar-refractivity contribution in [2.24, 2.45) is 0 Å². The van der Waals surface area contributed by atoms with Crippen molar-refractivity contribution in [2.75, 3.05) is 24.6 Å². The van der Waals surface area contributed by atoms with Gasteiger partial charge in [-0.2, -0.15) is 0 Å². The first-order valence-electron chi connectivity index (χ1n) is 6.42. The normalized spacial score (nSPS) is 22.7. The third-order valence-corrected chi connectivity index (χ3v) is 3.73. The summed E-state index contributed by atoms with van der Waals surface area (Å²) in [5, 5.41) is 9.92. The second-order valence-electron chi connectivity index (χ2n) is 4.86. The Labute approximate surface area is 117 Å². The molecular formula is C14H20BrNO2. The maximum atomic E-state index is 9.92. The molecule has 0 radical (unpaired) electrons. The average Bonchev–Trinajstić information content (AvgIpc) is 2.53. The summed E-state index contributed by atoms with van der Waals surface area (Å²) in [6, 6.07) is 6.10. The van der Waals surface area contributed by atoms with E-state index < -0.39 is 6.10 Å². The first-order chi connectivity index (χ1) is 8.58. The molecule has 1 fully saturated rings. The number of hydrogen-bond donors (Lipinski definition) is 1. The first-order valence-corrected chi connectivity index (χ1v) is 7.21. The van der Waals surface area contributed by atoms with Crippen LogP contribution in [0.2, 0.25) is 0 Å². The molecule has 1 aromatic carbocycles. The quantitative estimate of drug-likeness (QED) is 0.910. The van der Waals surface area contributed by atoms with Gasteiger partial charge < -0.3 is 14.7 Å². The Hall–Kier alpha value is -0.580. The number of nitrogens with zero attached hydrogens (tertiary/aromatic N) is 1. The van der Waals surface area contributed by atoms with E-state index in [1.54, 1.807) is 0 Å². The van der Waals surface area contributed by atoms with Crippen molar-refractivity contribution in [2.45, 2.75) is 32.5 Å². The smallest absolute Gasteiger partial charge is 0.0782 e. The van der Waals surface area contributed by atoms with Crippen LogP contribution in [0.5, 0.6) is 0 Å². The first kappa shape index (κ1) is 13.8. The Morgan fingerprint density at radius 2 is 2.28 bits per heavy atom. The van der Waals surface area contributed by atoms with Crippen LogP contribution in [0.1, 0.15) is 31.9 Å². The molecule has 100 valence electrons. The van der Waals surface area contributed by atoms with E-state index in [0.29, 0.717) is 0 Å². The van der Waals surface area contributed by atoms with Crippen LogP contribution in [-0.2, 0) is 4.74 Å². The minimum absolute atomic E-state index is 0.234. The lowest BCUT2D eigenvalue weighted by molar-refractivity contribution is 0.0820. The Kier molecular flexibility index (Phi) is 4.65. The van der Waals surface area contributed by atoms with Gasteiger partial charge in [0.05, 0.1) is 12.2 Å². The summed E-state index contributed by atoms with van der Waals surface area (Å²) in [4.78, 5) is 2.31. The third kappa shape index (κ3) is 3.25. The molecule has 1 aromatic rings. The summed E-state index contributed by atoms with van der Waals surface area (Å²) in [6.45, 7) is 6.58. The molecule has 3 nitrogen and oxygen atoms in total. The van der Waals surface area contributed by atoms with Crippen LogP contribution in [0, 0.1) is 0 Å². The van der Waals surface area contributed by atoms with Crippen molar-refractivity contribution < 1.29 is 9.84 Å². The van der Waals surface area contributed by atoms with E-state index in [1.165, 1.54) is 0 Å². The van der Waals surface area contributed by atoms with Crippen LogP contribution >= 0.6 is 15.9 Å². The van der Waals surface area contributed by atoms with Gasteiger partial charge in [-0.15, -0.1) is 0 Å². The van der Waals surface area contributed by atoms with Crippen molar-refractivity contribution in [1.29, 1.82) is 0 Å². The van der Waals surface area contributed by atoms with E-state index in [2.05, 4.69) is 33.8 Å². The maximum Gasteiger partial charge on any atom is 0.0782 e. The molecule has 1 saturated heterocycles. The van der Waals surface area contributed by atoms with Crippen LogP contribution in [0.4, 0.5) is 5.69 Å². The van der Waals surface area contributed by atoms with E-state index in [0.717, 1.165) is 41.8 Å². The number of benzene rings is 1. The predicted octanol–water partition coefficient (Wildman–Crippen LogP) is 3.12. The lowest BCUT2D eigenvalue weighted by atomic mass is 10.1. The maximum absolute atomic E-state index is 9.92. The molecule has 0 aromatic heterocycles. The van der Waals surface area contributed by atoms with Gasteiger partial charge in [-0.3, -0.25) is 0 Å². The molecule has 0 saturated carbocycles. The van der Waals surface area contributed by atoms with Gasteiger partial charge in [-0.1, -0.05) is 15.9 Å². The van der Waals surface area contributed by atoms with Crippen molar-refractivity contribution >= 4 is 21.6 Å². The van der Waals surface area contributed by atoms with Crippen LogP contribution in [0.3, 0.4) is 0 Å². The number of aliphatic hydroxyl groups is 1. The SMILES string of the molecule is CC1CN(c2ccc(Br)cc2C(C)O)CCCO1. The summed E-state index contributed by atoms with van der Waals surface area (Å²) in [5.74, 6) is 0. The zero-order valence-electron chi connectivity index (χ0n) is 10.9. The number of aliphatic hydroxyl groups excluding tert-OH is 1. The fraction of sp³-hybridized carbons (Fsp3) is 0.571. The molecule has 4 heteroatoms. The molecular weight excluding hydrogens is 294 g/mol. The fourth-order valence-corrected chi connectivity index (χ4v) is 2.74. The Morgan fingerprint density at radius 1 is 1.50 bits per heavy atom. The van der Waals surface area contributed by atoms with Crippen molar-refractivity contribution in [3.05, 3.63) is 28.2 Å². The molecule has 1 aliphatic rings. The number of anilines is 1. The fourth-order valence-electron chi connectivity index (χ4n) is 2.36. The van der Waals surface area contributed by atoms with E-state index in [1.807, 2.05) is 19.1 Å². The highest BCUT2D eigenvalue weighted by Crippen LogP contribution is 2.30. The second-order valence-corrected chi connectivity index (χ2v) is 5.78. The number of ether oxygens (including phenoxy) is 1. The molecule has 0 bridgehead atoms. The van der Waals surface area contributed by atoms with Crippen LogP contribution < -0.4 is 4.90 Å². The zero-order valence-corrected chi connectivity index (χ0v) is 12.5. The lowest BCUT2D eigenvalue weighted by Gasteiger charge is -2.27. The highest BCUT2D eigenvalue weighted by atomic mass is 79.9. The molecule has 2 rings (SSSR count). The van der Waals surface area contributed by atoms with Crippen LogP contribution in [0.15, 0.2) is 22.7 Å². The van der Waals surface area contributed by atoms with Gasteiger partial charge in [-0.25, -0.2) is 0 Å². The zero-order chi connectivity index (χ0) is 13.1. The summed E-state index contributed by atoms with van der Waals surface area (Å²) in [5.41, 5.74) is 2.09. The molecule has 1 aliphatic heterocycles. The summed E-state index contributed by atoms with van der Waals surface area (Å²) in [6.07, 6.45) is 0.801. The molecule has 1 N–H and O–H groups in total. The molecule has 0 aliphatic carbocycles. The van der Waals surface area contributed by atoms with Gasteiger partial charge >= 0.3 is 0 Å². The van der Waals surface area contributed by atoms with Crippen molar-refractivity contribution in [3.63, 3.8) is 0 Å². The summed E-state index contributed by atoms with van der Waals surface area (Å²) >= 11 is 3.46. The van der Waals surface area contributed by atoms with Gasteiger partial charge in [0.25, 0.3) is 0 Å². The van der Waals surface area contributed by atoms with Crippen LogP contribution in [-0.4, -0.2) is 30.9 Å². The van der Waals surface area contributed by atoms with Gasteiger partial charge in [-0.05, 0) is 38.5 Å². The van der Waals surface area contributed by atoms with Gasteiger partial charge in [0.2, 0.25) is 0 Å². The van der Waals surface area contributed by atoms with Crippen molar-refractivity contribution in [3.8, 4) is 0 Å². The van der Waals surface area contributed by atoms with E-state index in [-0.39, 0.29) is 6.10 Å².